The summed E-state index contributed by atoms with van der Waals surface area (Å²) in [6.45, 7) is 8.58. The highest BCUT2D eigenvalue weighted by atomic mass is 15.2. The molecule has 0 aromatic heterocycles. The van der Waals surface area contributed by atoms with Gasteiger partial charge in [0.2, 0.25) is 0 Å². The largest absolute Gasteiger partial charge is 0.310 e. The lowest BCUT2D eigenvalue weighted by atomic mass is 9.89. The van der Waals surface area contributed by atoms with Crippen molar-refractivity contribution >= 4 is 0 Å². The fourth-order valence-electron chi connectivity index (χ4n) is 4.82. The predicted molar refractivity (Wildman–Crippen MR) is 76.7 cm³/mol. The van der Waals surface area contributed by atoms with Crippen LogP contribution in [0.5, 0.6) is 0 Å². The van der Waals surface area contributed by atoms with Crippen LogP contribution >= 0.6 is 0 Å². The molecule has 104 valence electrons. The molecule has 0 aromatic rings. The molecule has 2 heteroatoms. The predicted octanol–water partition coefficient (Wildman–Crippen LogP) is 3.03. The summed E-state index contributed by atoms with van der Waals surface area (Å²) >= 11 is 0. The van der Waals surface area contributed by atoms with Gasteiger partial charge < -0.3 is 5.32 Å². The van der Waals surface area contributed by atoms with Crippen LogP contribution in [0.25, 0.3) is 0 Å². The van der Waals surface area contributed by atoms with Crippen molar-refractivity contribution in [2.75, 3.05) is 19.6 Å². The maximum atomic E-state index is 3.85. The quantitative estimate of drug-likeness (QED) is 0.828. The van der Waals surface area contributed by atoms with E-state index in [4.69, 9.17) is 0 Å². The number of hydrogen-bond acceptors (Lipinski definition) is 2. The van der Waals surface area contributed by atoms with E-state index in [1.807, 2.05) is 0 Å². The summed E-state index contributed by atoms with van der Waals surface area (Å²) in [5.74, 6) is 2.12. The SMILES string of the molecule is CCC1(CC)CN(C2CC3CCC2C3)CCCN1. The second kappa shape index (κ2) is 5.13. The van der Waals surface area contributed by atoms with Gasteiger partial charge in [0.25, 0.3) is 0 Å². The second-order valence-corrected chi connectivity index (χ2v) is 6.98. The number of nitrogens with one attached hydrogen (secondary N) is 1. The summed E-state index contributed by atoms with van der Waals surface area (Å²) in [6.07, 6.45) is 10.00. The standard InChI is InChI=1S/C16H30N2/c1-3-16(4-2)12-18(9-5-8-17-16)15-11-13-6-7-14(15)10-13/h13-15,17H,3-12H2,1-2H3. The van der Waals surface area contributed by atoms with Crippen LogP contribution in [-0.4, -0.2) is 36.1 Å². The highest BCUT2D eigenvalue weighted by Crippen LogP contribution is 2.47. The Labute approximate surface area is 113 Å². The van der Waals surface area contributed by atoms with E-state index in [-0.39, 0.29) is 0 Å². The Bertz CT molecular complexity index is 285. The summed E-state index contributed by atoms with van der Waals surface area (Å²) < 4.78 is 0. The molecule has 3 unspecified atom stereocenters. The van der Waals surface area contributed by atoms with Crippen molar-refractivity contribution in [3.8, 4) is 0 Å². The van der Waals surface area contributed by atoms with Gasteiger partial charge in [0.1, 0.15) is 0 Å². The van der Waals surface area contributed by atoms with Gasteiger partial charge in [-0.15, -0.1) is 0 Å². The first-order valence-electron chi connectivity index (χ1n) is 8.25. The van der Waals surface area contributed by atoms with E-state index in [0.29, 0.717) is 5.54 Å². The zero-order valence-electron chi connectivity index (χ0n) is 12.3. The Balaban J connectivity index is 1.71. The topological polar surface area (TPSA) is 15.3 Å². The van der Waals surface area contributed by atoms with Crippen molar-refractivity contribution in [1.29, 1.82) is 0 Å². The molecule has 1 saturated heterocycles. The zero-order valence-corrected chi connectivity index (χ0v) is 12.3. The highest BCUT2D eigenvalue weighted by molar-refractivity contribution is 4.99. The monoisotopic (exact) mass is 250 g/mol. The van der Waals surface area contributed by atoms with Gasteiger partial charge >= 0.3 is 0 Å². The summed E-state index contributed by atoms with van der Waals surface area (Å²) in [5, 5.41) is 3.85. The first-order valence-corrected chi connectivity index (χ1v) is 8.25. The average molecular weight is 250 g/mol. The Morgan fingerprint density at radius 1 is 1.17 bits per heavy atom. The smallest absolute Gasteiger partial charge is 0.0303 e. The van der Waals surface area contributed by atoms with E-state index in [0.717, 1.165) is 17.9 Å². The van der Waals surface area contributed by atoms with Crippen LogP contribution in [0.4, 0.5) is 0 Å². The van der Waals surface area contributed by atoms with Crippen LogP contribution < -0.4 is 5.32 Å². The van der Waals surface area contributed by atoms with E-state index < -0.39 is 0 Å². The van der Waals surface area contributed by atoms with E-state index in [1.54, 1.807) is 6.42 Å². The normalized spacial score (nSPS) is 40.0. The molecule has 0 spiro atoms. The highest BCUT2D eigenvalue weighted by Gasteiger charge is 2.44. The maximum absolute atomic E-state index is 3.85. The number of fused-ring (bicyclic) bond motifs is 2. The lowest BCUT2D eigenvalue weighted by Gasteiger charge is -2.40. The molecular weight excluding hydrogens is 220 g/mol. The van der Waals surface area contributed by atoms with Gasteiger partial charge in [0.15, 0.2) is 0 Å². The van der Waals surface area contributed by atoms with Crippen molar-refractivity contribution in [3.05, 3.63) is 0 Å². The summed E-state index contributed by atoms with van der Waals surface area (Å²) in [5.41, 5.74) is 0.401. The third-order valence-corrected chi connectivity index (χ3v) is 6.15. The Hall–Kier alpha value is -0.0800. The minimum atomic E-state index is 0.401. The minimum Gasteiger partial charge on any atom is -0.310 e. The molecule has 0 aromatic carbocycles. The summed E-state index contributed by atoms with van der Waals surface area (Å²) in [4.78, 5) is 2.87. The van der Waals surface area contributed by atoms with Crippen molar-refractivity contribution in [2.45, 2.75) is 70.4 Å². The third kappa shape index (κ3) is 2.22. The van der Waals surface area contributed by atoms with Crippen molar-refractivity contribution < 1.29 is 0 Å². The molecule has 0 radical (unpaired) electrons. The van der Waals surface area contributed by atoms with Crippen LogP contribution in [0.1, 0.15) is 58.8 Å². The summed E-state index contributed by atoms with van der Waals surface area (Å²) in [7, 11) is 0. The Morgan fingerprint density at radius 2 is 2.00 bits per heavy atom. The van der Waals surface area contributed by atoms with E-state index in [9.17, 15) is 0 Å². The molecule has 3 aliphatic rings. The lowest BCUT2D eigenvalue weighted by molar-refractivity contribution is 0.111. The van der Waals surface area contributed by atoms with Crippen LogP contribution in [0, 0.1) is 11.8 Å². The van der Waals surface area contributed by atoms with Gasteiger partial charge in [0.05, 0.1) is 0 Å². The lowest BCUT2D eigenvalue weighted by Crippen LogP contribution is -2.53. The van der Waals surface area contributed by atoms with Gasteiger partial charge in [-0.05, 0) is 63.5 Å². The maximum Gasteiger partial charge on any atom is 0.0303 e. The first-order chi connectivity index (χ1) is 8.76. The van der Waals surface area contributed by atoms with E-state index >= 15 is 0 Å². The molecule has 3 rings (SSSR count). The zero-order chi connectivity index (χ0) is 12.6. The van der Waals surface area contributed by atoms with Gasteiger partial charge in [0, 0.05) is 18.1 Å². The van der Waals surface area contributed by atoms with Crippen molar-refractivity contribution in [3.63, 3.8) is 0 Å². The van der Waals surface area contributed by atoms with Crippen molar-refractivity contribution in [2.24, 2.45) is 11.8 Å². The Morgan fingerprint density at radius 3 is 2.61 bits per heavy atom. The van der Waals surface area contributed by atoms with Gasteiger partial charge in [-0.25, -0.2) is 0 Å². The van der Waals surface area contributed by atoms with Crippen molar-refractivity contribution in [1.82, 2.24) is 10.2 Å². The van der Waals surface area contributed by atoms with Crippen LogP contribution in [0.2, 0.25) is 0 Å². The molecule has 2 aliphatic carbocycles. The van der Waals surface area contributed by atoms with Gasteiger partial charge in [-0.1, -0.05) is 20.3 Å². The number of rotatable bonds is 3. The fourth-order valence-corrected chi connectivity index (χ4v) is 4.82. The molecule has 3 atom stereocenters. The van der Waals surface area contributed by atoms with Gasteiger partial charge in [-0.2, -0.15) is 0 Å². The average Bonchev–Trinajstić information content (AvgIpc) is 2.96. The fraction of sp³-hybridized carbons (Fsp3) is 1.00. The molecule has 1 heterocycles. The van der Waals surface area contributed by atoms with Crippen LogP contribution in [0.15, 0.2) is 0 Å². The third-order valence-electron chi connectivity index (χ3n) is 6.15. The molecule has 2 saturated carbocycles. The molecule has 2 bridgehead atoms. The molecule has 1 N–H and O–H groups in total. The van der Waals surface area contributed by atoms with Crippen LogP contribution in [0.3, 0.4) is 0 Å². The van der Waals surface area contributed by atoms with Gasteiger partial charge in [-0.3, -0.25) is 4.90 Å². The molecule has 1 aliphatic heterocycles. The molecule has 18 heavy (non-hydrogen) atoms. The van der Waals surface area contributed by atoms with Crippen LogP contribution in [-0.2, 0) is 0 Å². The van der Waals surface area contributed by atoms with E-state index in [1.165, 1.54) is 58.2 Å². The molecular formula is C16H30N2. The summed E-state index contributed by atoms with van der Waals surface area (Å²) in [6, 6.07) is 0.932. The minimum absolute atomic E-state index is 0.401. The number of nitrogens with zero attached hydrogens (tertiary/aromatic N) is 1. The second-order valence-electron chi connectivity index (χ2n) is 6.98. The molecule has 2 nitrogen and oxygen atoms in total. The van der Waals surface area contributed by atoms with E-state index in [2.05, 4.69) is 24.1 Å². The Kier molecular flexibility index (Phi) is 3.68. The molecule has 0 amide bonds. The molecule has 3 fully saturated rings. The number of hydrogen-bond donors (Lipinski definition) is 1. The first kappa shape index (κ1) is 12.9.